The summed E-state index contributed by atoms with van der Waals surface area (Å²) in [6.45, 7) is 3.82. The number of amides is 1. The summed E-state index contributed by atoms with van der Waals surface area (Å²) in [7, 11) is 0. The topological polar surface area (TPSA) is 121 Å². The highest BCUT2D eigenvalue weighted by molar-refractivity contribution is 6.03. The molecule has 0 aliphatic rings. The average molecular weight is 290 g/mol. The number of aromatic nitrogens is 2. The second-order valence-electron chi connectivity index (χ2n) is 5.04. The number of hydrogen-bond acceptors (Lipinski definition) is 4. The van der Waals surface area contributed by atoms with Crippen LogP contribution in [0.1, 0.15) is 20.3 Å². The summed E-state index contributed by atoms with van der Waals surface area (Å²) in [6.07, 6.45) is 0.768. The van der Waals surface area contributed by atoms with Crippen molar-refractivity contribution in [1.82, 2.24) is 10.2 Å². The maximum Gasteiger partial charge on any atom is 0.272 e. The van der Waals surface area contributed by atoms with Crippen molar-refractivity contribution in [3.63, 3.8) is 0 Å². The van der Waals surface area contributed by atoms with Crippen molar-refractivity contribution in [1.29, 1.82) is 0 Å². The minimum Gasteiger partial charge on any atom is -0.324 e. The first kappa shape index (κ1) is 15.0. The van der Waals surface area contributed by atoms with Crippen LogP contribution in [-0.2, 0) is 4.79 Å². The molecule has 5 N–H and O–H groups in total. The molecule has 2 rings (SSSR count). The minimum absolute atomic E-state index is 0.0154. The molecule has 2 atom stereocenters. The molecule has 7 heteroatoms. The first-order valence-corrected chi connectivity index (χ1v) is 6.75. The van der Waals surface area contributed by atoms with Gasteiger partial charge in [0.25, 0.3) is 11.1 Å². The lowest BCUT2D eigenvalue weighted by atomic mass is 9.99. The number of hydrogen-bond donors (Lipinski definition) is 4. The molecule has 0 aliphatic heterocycles. The van der Waals surface area contributed by atoms with Crippen LogP contribution < -0.4 is 22.2 Å². The molecule has 1 heterocycles. The smallest absolute Gasteiger partial charge is 0.272 e. The Morgan fingerprint density at radius 2 is 1.95 bits per heavy atom. The number of rotatable bonds is 4. The third-order valence-corrected chi connectivity index (χ3v) is 3.64. The summed E-state index contributed by atoms with van der Waals surface area (Å²) < 4.78 is 0. The van der Waals surface area contributed by atoms with Crippen LogP contribution in [0, 0.1) is 5.92 Å². The van der Waals surface area contributed by atoms with Gasteiger partial charge in [0.05, 0.1) is 22.5 Å². The molecule has 0 aliphatic carbocycles. The number of H-pyrrole nitrogens is 2. The van der Waals surface area contributed by atoms with Crippen molar-refractivity contribution in [3.8, 4) is 0 Å². The van der Waals surface area contributed by atoms with Gasteiger partial charge in [-0.2, -0.15) is 0 Å². The average Bonchev–Trinajstić information content (AvgIpc) is 2.49. The van der Waals surface area contributed by atoms with E-state index in [1.165, 1.54) is 6.07 Å². The predicted octanol–water partition coefficient (Wildman–Crippen LogP) is 0.528. The van der Waals surface area contributed by atoms with E-state index in [1.807, 2.05) is 13.8 Å². The number of aromatic amines is 2. The third kappa shape index (κ3) is 2.87. The number of carbonyl (C=O) groups is 1. The van der Waals surface area contributed by atoms with E-state index >= 15 is 0 Å². The molecule has 2 aromatic rings. The van der Waals surface area contributed by atoms with Crippen molar-refractivity contribution >= 4 is 22.4 Å². The van der Waals surface area contributed by atoms with Crippen LogP contribution in [0.15, 0.2) is 27.8 Å². The van der Waals surface area contributed by atoms with Crippen molar-refractivity contribution in [3.05, 3.63) is 38.9 Å². The number of benzene rings is 1. The van der Waals surface area contributed by atoms with Gasteiger partial charge in [-0.15, -0.1) is 0 Å². The van der Waals surface area contributed by atoms with E-state index in [0.717, 1.165) is 6.42 Å². The third-order valence-electron chi connectivity index (χ3n) is 3.64. The number of anilines is 1. The van der Waals surface area contributed by atoms with Crippen LogP contribution in [0.25, 0.3) is 10.8 Å². The van der Waals surface area contributed by atoms with Gasteiger partial charge in [-0.25, -0.2) is 0 Å². The number of nitrogens with two attached hydrogens (primary N) is 1. The van der Waals surface area contributed by atoms with Crippen LogP contribution >= 0.6 is 0 Å². The minimum atomic E-state index is -0.675. The second kappa shape index (κ2) is 5.92. The summed E-state index contributed by atoms with van der Waals surface area (Å²) in [6, 6.07) is 4.01. The Labute approximate surface area is 120 Å². The number of carbonyl (C=O) groups excluding carboxylic acids is 1. The molecule has 1 amide bonds. The predicted molar refractivity (Wildman–Crippen MR) is 81.2 cm³/mol. The van der Waals surface area contributed by atoms with Crippen LogP contribution in [0.2, 0.25) is 0 Å². The molecule has 1 aromatic heterocycles. The fraction of sp³-hybridized carbons (Fsp3) is 0.357. The van der Waals surface area contributed by atoms with E-state index in [0.29, 0.717) is 0 Å². The van der Waals surface area contributed by atoms with E-state index in [1.54, 1.807) is 12.1 Å². The normalized spacial score (nSPS) is 13.9. The molecule has 0 radical (unpaired) electrons. The van der Waals surface area contributed by atoms with Gasteiger partial charge in [0.15, 0.2) is 0 Å². The van der Waals surface area contributed by atoms with Crippen LogP contribution in [0.3, 0.4) is 0 Å². The Hall–Kier alpha value is -2.41. The summed E-state index contributed by atoms with van der Waals surface area (Å²) in [5, 5.41) is 7.48. The molecule has 2 unspecified atom stereocenters. The van der Waals surface area contributed by atoms with Gasteiger partial charge in [0.2, 0.25) is 5.91 Å². The molecule has 1 aromatic carbocycles. The Balaban J connectivity index is 2.44. The van der Waals surface area contributed by atoms with Gasteiger partial charge < -0.3 is 11.1 Å². The van der Waals surface area contributed by atoms with E-state index in [9.17, 15) is 14.4 Å². The summed E-state index contributed by atoms with van der Waals surface area (Å²) in [4.78, 5) is 35.7. The van der Waals surface area contributed by atoms with Gasteiger partial charge in [-0.1, -0.05) is 26.3 Å². The zero-order valence-electron chi connectivity index (χ0n) is 11.9. The SMILES string of the molecule is CCC(C)C(N)C(=O)Nc1cccc2c(=O)[nH][nH]c(=O)c12. The molecule has 0 saturated carbocycles. The lowest BCUT2D eigenvalue weighted by Crippen LogP contribution is -2.40. The van der Waals surface area contributed by atoms with Crippen molar-refractivity contribution in [2.45, 2.75) is 26.3 Å². The summed E-state index contributed by atoms with van der Waals surface area (Å²) in [5.41, 5.74) is 5.25. The zero-order valence-corrected chi connectivity index (χ0v) is 11.9. The van der Waals surface area contributed by atoms with Crippen molar-refractivity contribution < 1.29 is 4.79 Å². The molecule has 21 heavy (non-hydrogen) atoms. The Morgan fingerprint density at radius 1 is 1.29 bits per heavy atom. The van der Waals surface area contributed by atoms with Crippen molar-refractivity contribution in [2.75, 3.05) is 5.32 Å². The van der Waals surface area contributed by atoms with Gasteiger partial charge in [-0.3, -0.25) is 24.6 Å². The van der Waals surface area contributed by atoms with Gasteiger partial charge in [0.1, 0.15) is 0 Å². The van der Waals surface area contributed by atoms with Crippen LogP contribution in [-0.4, -0.2) is 22.1 Å². The molecule has 0 spiro atoms. The molecule has 0 saturated heterocycles. The first-order valence-electron chi connectivity index (χ1n) is 6.75. The molecule has 7 nitrogen and oxygen atoms in total. The number of fused-ring (bicyclic) bond motifs is 1. The Morgan fingerprint density at radius 3 is 2.62 bits per heavy atom. The van der Waals surface area contributed by atoms with E-state index in [2.05, 4.69) is 15.5 Å². The number of nitrogens with one attached hydrogen (secondary N) is 3. The lowest BCUT2D eigenvalue weighted by molar-refractivity contribution is -0.118. The summed E-state index contributed by atoms with van der Waals surface area (Å²) in [5.74, 6) is -0.363. The fourth-order valence-corrected chi connectivity index (χ4v) is 2.06. The van der Waals surface area contributed by atoms with E-state index in [-0.39, 0.29) is 28.3 Å². The van der Waals surface area contributed by atoms with Crippen LogP contribution in [0.4, 0.5) is 5.69 Å². The standard InChI is InChI=1S/C14H18N4O3/c1-3-7(2)11(15)14(21)16-9-6-4-5-8-10(9)13(20)18-17-12(8)19/h4-7,11H,3,15H2,1-2H3,(H,16,21)(H,17,19)(H,18,20). The van der Waals surface area contributed by atoms with Crippen molar-refractivity contribution in [2.24, 2.45) is 11.7 Å². The molecule has 0 bridgehead atoms. The maximum atomic E-state index is 12.1. The lowest BCUT2D eigenvalue weighted by Gasteiger charge is -2.18. The zero-order chi connectivity index (χ0) is 15.6. The molecular formula is C14H18N4O3. The highest BCUT2D eigenvalue weighted by atomic mass is 16.2. The Kier molecular flexibility index (Phi) is 4.23. The molecule has 112 valence electrons. The van der Waals surface area contributed by atoms with Gasteiger partial charge in [0, 0.05) is 0 Å². The molecular weight excluding hydrogens is 272 g/mol. The largest absolute Gasteiger partial charge is 0.324 e. The van der Waals surface area contributed by atoms with Gasteiger partial charge >= 0.3 is 0 Å². The fourth-order valence-electron chi connectivity index (χ4n) is 2.06. The monoisotopic (exact) mass is 290 g/mol. The maximum absolute atomic E-state index is 12.1. The quantitative estimate of drug-likeness (QED) is 0.656. The first-order chi connectivity index (χ1) is 9.95. The Bertz CT molecular complexity index is 778. The highest BCUT2D eigenvalue weighted by Crippen LogP contribution is 2.17. The van der Waals surface area contributed by atoms with E-state index in [4.69, 9.17) is 5.73 Å². The van der Waals surface area contributed by atoms with Gasteiger partial charge in [-0.05, 0) is 18.1 Å². The highest BCUT2D eigenvalue weighted by Gasteiger charge is 2.20. The molecule has 0 fully saturated rings. The second-order valence-corrected chi connectivity index (χ2v) is 5.04. The van der Waals surface area contributed by atoms with E-state index < -0.39 is 17.2 Å². The van der Waals surface area contributed by atoms with Crippen LogP contribution in [0.5, 0.6) is 0 Å². The summed E-state index contributed by atoms with van der Waals surface area (Å²) >= 11 is 0.